The van der Waals surface area contributed by atoms with Crippen molar-refractivity contribution < 1.29 is 9.59 Å². The number of carbonyl (C=O) groups is 2. The van der Waals surface area contributed by atoms with E-state index in [4.69, 9.17) is 0 Å². The van der Waals surface area contributed by atoms with Crippen LogP contribution >= 0.6 is 0 Å². The number of fused-ring (bicyclic) bond motifs is 1. The maximum absolute atomic E-state index is 12.1. The topological polar surface area (TPSA) is 70.2 Å². The van der Waals surface area contributed by atoms with E-state index in [-0.39, 0.29) is 11.9 Å². The van der Waals surface area contributed by atoms with Crippen LogP contribution in [-0.2, 0) is 4.79 Å². The van der Waals surface area contributed by atoms with Gasteiger partial charge in [-0.2, -0.15) is 0 Å². The SMILES string of the molecule is CC[C@@H](C)NC(=O)[C@@H](C)NC(=O)Nc1cccc2ccccc12. The number of carbonyl (C=O) groups excluding carboxylic acids is 2. The zero-order chi connectivity index (χ0) is 16.8. The van der Waals surface area contributed by atoms with Crippen molar-refractivity contribution >= 4 is 28.4 Å². The van der Waals surface area contributed by atoms with Gasteiger partial charge in [0.05, 0.1) is 5.69 Å². The Kier molecular flexibility index (Phi) is 5.57. The summed E-state index contributed by atoms with van der Waals surface area (Å²) in [6.45, 7) is 5.59. The number of rotatable bonds is 5. The van der Waals surface area contributed by atoms with Crippen LogP contribution in [0.3, 0.4) is 0 Å². The second kappa shape index (κ2) is 7.63. The van der Waals surface area contributed by atoms with Gasteiger partial charge in [-0.05, 0) is 31.7 Å². The fraction of sp³-hybridized carbons (Fsp3) is 0.333. The molecule has 122 valence electrons. The predicted octanol–water partition coefficient (Wildman–Crippen LogP) is 3.26. The summed E-state index contributed by atoms with van der Waals surface area (Å²) in [5, 5.41) is 10.3. The van der Waals surface area contributed by atoms with Crippen molar-refractivity contribution in [3.63, 3.8) is 0 Å². The summed E-state index contributed by atoms with van der Waals surface area (Å²) in [6.07, 6.45) is 0.848. The zero-order valence-corrected chi connectivity index (χ0v) is 13.7. The Balaban J connectivity index is 2.00. The van der Waals surface area contributed by atoms with Crippen molar-refractivity contribution in [3.05, 3.63) is 42.5 Å². The molecule has 23 heavy (non-hydrogen) atoms. The van der Waals surface area contributed by atoms with Gasteiger partial charge in [-0.1, -0.05) is 43.3 Å². The summed E-state index contributed by atoms with van der Waals surface area (Å²) in [7, 11) is 0. The van der Waals surface area contributed by atoms with E-state index in [0.29, 0.717) is 0 Å². The van der Waals surface area contributed by atoms with Gasteiger partial charge in [0, 0.05) is 11.4 Å². The lowest BCUT2D eigenvalue weighted by Gasteiger charge is -2.18. The molecule has 0 fully saturated rings. The molecular weight excluding hydrogens is 290 g/mol. The molecule has 2 aromatic rings. The Morgan fingerprint density at radius 1 is 1.00 bits per heavy atom. The molecule has 2 atom stereocenters. The molecule has 2 aromatic carbocycles. The monoisotopic (exact) mass is 313 g/mol. The van der Waals surface area contributed by atoms with Crippen LogP contribution in [0.2, 0.25) is 0 Å². The van der Waals surface area contributed by atoms with Crippen molar-refractivity contribution in [2.45, 2.75) is 39.3 Å². The molecule has 0 aromatic heterocycles. The largest absolute Gasteiger partial charge is 0.352 e. The second-order valence-corrected chi connectivity index (χ2v) is 5.66. The van der Waals surface area contributed by atoms with E-state index >= 15 is 0 Å². The van der Waals surface area contributed by atoms with E-state index in [9.17, 15) is 9.59 Å². The van der Waals surface area contributed by atoms with E-state index in [1.54, 1.807) is 6.92 Å². The molecule has 3 amide bonds. The van der Waals surface area contributed by atoms with Gasteiger partial charge in [0.25, 0.3) is 0 Å². The normalized spacial score (nSPS) is 13.2. The third-order valence-corrected chi connectivity index (χ3v) is 3.78. The molecule has 5 heteroatoms. The fourth-order valence-corrected chi connectivity index (χ4v) is 2.22. The van der Waals surface area contributed by atoms with Crippen LogP contribution in [0.15, 0.2) is 42.5 Å². The van der Waals surface area contributed by atoms with Gasteiger partial charge in [-0.3, -0.25) is 4.79 Å². The number of hydrogen-bond donors (Lipinski definition) is 3. The van der Waals surface area contributed by atoms with Crippen LogP contribution in [0.5, 0.6) is 0 Å². The van der Waals surface area contributed by atoms with Crippen molar-refractivity contribution in [3.8, 4) is 0 Å². The third-order valence-electron chi connectivity index (χ3n) is 3.78. The minimum atomic E-state index is -0.598. The molecular formula is C18H23N3O2. The van der Waals surface area contributed by atoms with Crippen molar-refractivity contribution in [1.29, 1.82) is 0 Å². The molecule has 0 radical (unpaired) electrons. The molecule has 3 N–H and O–H groups in total. The van der Waals surface area contributed by atoms with Gasteiger partial charge in [0.15, 0.2) is 0 Å². The first-order valence-corrected chi connectivity index (χ1v) is 7.87. The van der Waals surface area contributed by atoms with Crippen LogP contribution < -0.4 is 16.0 Å². The van der Waals surface area contributed by atoms with Gasteiger partial charge in [-0.15, -0.1) is 0 Å². The van der Waals surface area contributed by atoms with Crippen molar-refractivity contribution in [1.82, 2.24) is 10.6 Å². The smallest absolute Gasteiger partial charge is 0.319 e. The first-order chi connectivity index (χ1) is 11.0. The Hall–Kier alpha value is -2.56. The molecule has 5 nitrogen and oxygen atoms in total. The average Bonchev–Trinajstić information content (AvgIpc) is 2.54. The molecule has 2 rings (SSSR count). The predicted molar refractivity (Wildman–Crippen MR) is 93.5 cm³/mol. The Bertz CT molecular complexity index is 694. The highest BCUT2D eigenvalue weighted by Crippen LogP contribution is 2.22. The molecule has 0 aliphatic carbocycles. The Morgan fingerprint density at radius 3 is 2.43 bits per heavy atom. The molecule has 0 saturated heterocycles. The third kappa shape index (κ3) is 4.45. The standard InChI is InChI=1S/C18H23N3O2/c1-4-12(2)19-17(22)13(3)20-18(23)21-16-11-7-9-14-8-5-6-10-15(14)16/h5-13H,4H2,1-3H3,(H,19,22)(H2,20,21,23)/t12-,13-/m1/s1. The average molecular weight is 313 g/mol. The maximum atomic E-state index is 12.1. The number of anilines is 1. The fourth-order valence-electron chi connectivity index (χ4n) is 2.22. The van der Waals surface area contributed by atoms with Crippen LogP contribution in [-0.4, -0.2) is 24.0 Å². The van der Waals surface area contributed by atoms with E-state index in [2.05, 4.69) is 16.0 Å². The quantitative estimate of drug-likeness (QED) is 0.793. The van der Waals surface area contributed by atoms with Crippen LogP contribution in [0.4, 0.5) is 10.5 Å². The van der Waals surface area contributed by atoms with E-state index in [1.807, 2.05) is 56.3 Å². The molecule has 0 saturated carbocycles. The van der Waals surface area contributed by atoms with Crippen molar-refractivity contribution in [2.75, 3.05) is 5.32 Å². The minimum Gasteiger partial charge on any atom is -0.352 e. The zero-order valence-electron chi connectivity index (χ0n) is 13.7. The number of nitrogens with one attached hydrogen (secondary N) is 3. The van der Waals surface area contributed by atoms with Crippen LogP contribution in [0.25, 0.3) is 10.8 Å². The van der Waals surface area contributed by atoms with E-state index < -0.39 is 12.1 Å². The molecule has 0 unspecified atom stereocenters. The second-order valence-electron chi connectivity index (χ2n) is 5.66. The summed E-state index contributed by atoms with van der Waals surface area (Å²) in [4.78, 5) is 24.1. The van der Waals surface area contributed by atoms with E-state index in [0.717, 1.165) is 22.9 Å². The van der Waals surface area contributed by atoms with Gasteiger partial charge >= 0.3 is 6.03 Å². The first-order valence-electron chi connectivity index (χ1n) is 7.87. The highest BCUT2D eigenvalue weighted by atomic mass is 16.2. The lowest BCUT2D eigenvalue weighted by atomic mass is 10.1. The minimum absolute atomic E-state index is 0.0906. The number of urea groups is 1. The summed E-state index contributed by atoms with van der Waals surface area (Å²) >= 11 is 0. The van der Waals surface area contributed by atoms with Gasteiger partial charge < -0.3 is 16.0 Å². The molecule has 0 bridgehead atoms. The number of benzene rings is 2. The van der Waals surface area contributed by atoms with Gasteiger partial charge in [0.2, 0.25) is 5.91 Å². The first kappa shape index (κ1) is 16.8. The summed E-state index contributed by atoms with van der Waals surface area (Å²) in [5.41, 5.74) is 0.718. The number of amides is 3. The Labute approximate surface area is 136 Å². The number of hydrogen-bond acceptors (Lipinski definition) is 2. The lowest BCUT2D eigenvalue weighted by Crippen LogP contribution is -2.48. The maximum Gasteiger partial charge on any atom is 0.319 e. The van der Waals surface area contributed by atoms with E-state index in [1.165, 1.54) is 0 Å². The highest BCUT2D eigenvalue weighted by Gasteiger charge is 2.17. The summed E-state index contributed by atoms with van der Waals surface area (Å²) in [6, 6.07) is 12.6. The summed E-state index contributed by atoms with van der Waals surface area (Å²) < 4.78 is 0. The lowest BCUT2D eigenvalue weighted by molar-refractivity contribution is -0.123. The van der Waals surface area contributed by atoms with Crippen LogP contribution in [0.1, 0.15) is 27.2 Å². The molecule has 0 aliphatic heterocycles. The Morgan fingerprint density at radius 2 is 1.70 bits per heavy atom. The molecule has 0 heterocycles. The molecule has 0 aliphatic rings. The summed E-state index contributed by atoms with van der Waals surface area (Å²) in [5.74, 6) is -0.188. The highest BCUT2D eigenvalue weighted by molar-refractivity contribution is 6.02. The van der Waals surface area contributed by atoms with Gasteiger partial charge in [0.1, 0.15) is 6.04 Å². The van der Waals surface area contributed by atoms with Crippen molar-refractivity contribution in [2.24, 2.45) is 0 Å². The van der Waals surface area contributed by atoms with Gasteiger partial charge in [-0.25, -0.2) is 4.79 Å². The van der Waals surface area contributed by atoms with Crippen LogP contribution in [0, 0.1) is 0 Å². The molecule has 0 spiro atoms.